The van der Waals surface area contributed by atoms with E-state index in [0.29, 0.717) is 0 Å². The number of aryl methyl sites for hydroxylation is 1. The van der Waals surface area contributed by atoms with Gasteiger partial charge in [-0.2, -0.15) is 0 Å². The van der Waals surface area contributed by atoms with Crippen LogP contribution >= 0.6 is 15.9 Å². The Bertz CT molecular complexity index is 399. The standard InChI is InChI=1S/C11H13BrO3/c1-6-4-9(15-3)11(12)7(2)8(6)5-10(13)14/h4H,5H2,1-3H3,(H,13,14). The van der Waals surface area contributed by atoms with Gasteiger partial charge in [-0.05, 0) is 52.5 Å². The molecule has 4 heteroatoms. The van der Waals surface area contributed by atoms with E-state index < -0.39 is 5.97 Å². The van der Waals surface area contributed by atoms with Gasteiger partial charge in [0.2, 0.25) is 0 Å². The zero-order valence-corrected chi connectivity index (χ0v) is 10.5. The van der Waals surface area contributed by atoms with Crippen LogP contribution in [0, 0.1) is 13.8 Å². The molecule has 1 aromatic carbocycles. The second kappa shape index (κ2) is 4.66. The summed E-state index contributed by atoms with van der Waals surface area (Å²) in [5, 5.41) is 8.79. The number of ether oxygens (including phenoxy) is 1. The Kier molecular flexibility index (Phi) is 3.74. The zero-order chi connectivity index (χ0) is 11.6. The van der Waals surface area contributed by atoms with Gasteiger partial charge in [0, 0.05) is 0 Å². The Morgan fingerprint density at radius 2 is 2.13 bits per heavy atom. The summed E-state index contributed by atoms with van der Waals surface area (Å²) in [6.45, 7) is 3.78. The van der Waals surface area contributed by atoms with Gasteiger partial charge in [-0.3, -0.25) is 4.79 Å². The molecule has 1 aromatic rings. The van der Waals surface area contributed by atoms with Gasteiger partial charge in [0.15, 0.2) is 0 Å². The van der Waals surface area contributed by atoms with Crippen molar-refractivity contribution in [1.29, 1.82) is 0 Å². The minimum absolute atomic E-state index is 0.0419. The normalized spacial score (nSPS) is 10.1. The number of carbonyl (C=O) groups is 1. The smallest absolute Gasteiger partial charge is 0.307 e. The molecular formula is C11H13BrO3. The quantitative estimate of drug-likeness (QED) is 0.921. The number of carboxylic acids is 1. The molecule has 0 aliphatic carbocycles. The number of carboxylic acid groups (broad SMARTS) is 1. The van der Waals surface area contributed by atoms with Crippen LogP contribution in [0.25, 0.3) is 0 Å². The molecule has 0 aliphatic heterocycles. The SMILES string of the molecule is COc1cc(C)c(CC(=O)O)c(C)c1Br. The highest BCUT2D eigenvalue weighted by Crippen LogP contribution is 2.33. The summed E-state index contributed by atoms with van der Waals surface area (Å²) < 4.78 is 6.00. The van der Waals surface area contributed by atoms with Crippen molar-refractivity contribution in [3.8, 4) is 5.75 Å². The van der Waals surface area contributed by atoms with E-state index >= 15 is 0 Å². The molecule has 0 atom stereocenters. The average Bonchev–Trinajstić information content (AvgIpc) is 2.18. The van der Waals surface area contributed by atoms with Crippen LogP contribution in [-0.4, -0.2) is 18.2 Å². The van der Waals surface area contributed by atoms with Gasteiger partial charge in [0.05, 0.1) is 18.0 Å². The topological polar surface area (TPSA) is 46.5 Å². The molecule has 0 heterocycles. The Labute approximate surface area is 97.2 Å². The summed E-state index contributed by atoms with van der Waals surface area (Å²) in [5.41, 5.74) is 2.71. The van der Waals surface area contributed by atoms with Crippen LogP contribution in [0.15, 0.2) is 10.5 Å². The van der Waals surface area contributed by atoms with Gasteiger partial charge in [-0.1, -0.05) is 0 Å². The van der Waals surface area contributed by atoms with Crippen LogP contribution in [0.3, 0.4) is 0 Å². The van der Waals surface area contributed by atoms with E-state index in [-0.39, 0.29) is 6.42 Å². The molecule has 82 valence electrons. The first-order chi connectivity index (χ1) is 6.97. The molecule has 0 saturated heterocycles. The van der Waals surface area contributed by atoms with E-state index in [1.165, 1.54) is 0 Å². The average molecular weight is 273 g/mol. The lowest BCUT2D eigenvalue weighted by atomic mass is 9.99. The molecule has 0 radical (unpaired) electrons. The molecular weight excluding hydrogens is 260 g/mol. The van der Waals surface area contributed by atoms with Crippen molar-refractivity contribution < 1.29 is 14.6 Å². The van der Waals surface area contributed by atoms with Gasteiger partial charge in [0.25, 0.3) is 0 Å². The molecule has 0 amide bonds. The first-order valence-electron chi connectivity index (χ1n) is 4.51. The number of hydrogen-bond acceptors (Lipinski definition) is 2. The molecule has 3 nitrogen and oxygen atoms in total. The summed E-state index contributed by atoms with van der Waals surface area (Å²) in [6.07, 6.45) is 0.0419. The summed E-state index contributed by atoms with van der Waals surface area (Å²) >= 11 is 3.40. The van der Waals surface area contributed by atoms with Gasteiger partial charge < -0.3 is 9.84 Å². The first kappa shape index (κ1) is 12.0. The lowest BCUT2D eigenvalue weighted by molar-refractivity contribution is -0.136. The van der Waals surface area contributed by atoms with E-state index in [0.717, 1.165) is 26.9 Å². The Hall–Kier alpha value is -1.03. The van der Waals surface area contributed by atoms with E-state index in [1.54, 1.807) is 7.11 Å². The number of halogens is 1. The Balaban J connectivity index is 3.29. The number of methoxy groups -OCH3 is 1. The fourth-order valence-electron chi connectivity index (χ4n) is 1.53. The molecule has 0 saturated carbocycles. The summed E-state index contributed by atoms with van der Waals surface area (Å²) in [6, 6.07) is 1.84. The number of rotatable bonds is 3. The molecule has 0 unspecified atom stereocenters. The maximum Gasteiger partial charge on any atom is 0.307 e. The predicted molar refractivity (Wildman–Crippen MR) is 61.5 cm³/mol. The molecule has 0 spiro atoms. The maximum atomic E-state index is 10.7. The van der Waals surface area contributed by atoms with Crippen molar-refractivity contribution in [1.82, 2.24) is 0 Å². The van der Waals surface area contributed by atoms with Crippen molar-refractivity contribution in [2.75, 3.05) is 7.11 Å². The highest BCUT2D eigenvalue weighted by Gasteiger charge is 2.13. The van der Waals surface area contributed by atoms with Crippen molar-refractivity contribution in [2.24, 2.45) is 0 Å². The zero-order valence-electron chi connectivity index (χ0n) is 8.93. The van der Waals surface area contributed by atoms with Crippen LogP contribution in [0.5, 0.6) is 5.75 Å². The van der Waals surface area contributed by atoms with E-state index in [4.69, 9.17) is 9.84 Å². The van der Waals surface area contributed by atoms with E-state index in [9.17, 15) is 4.79 Å². The Morgan fingerprint density at radius 1 is 1.53 bits per heavy atom. The third-order valence-electron chi connectivity index (χ3n) is 2.37. The highest BCUT2D eigenvalue weighted by molar-refractivity contribution is 9.10. The summed E-state index contributed by atoms with van der Waals surface area (Å²) in [4.78, 5) is 10.7. The number of hydrogen-bond donors (Lipinski definition) is 1. The summed E-state index contributed by atoms with van der Waals surface area (Å²) in [7, 11) is 1.59. The molecule has 0 aliphatic rings. The van der Waals surface area contributed by atoms with Crippen LogP contribution in [0.2, 0.25) is 0 Å². The molecule has 0 fully saturated rings. The van der Waals surface area contributed by atoms with Crippen molar-refractivity contribution in [2.45, 2.75) is 20.3 Å². The molecule has 1 N–H and O–H groups in total. The lowest BCUT2D eigenvalue weighted by Gasteiger charge is -2.13. The summed E-state index contributed by atoms with van der Waals surface area (Å²) in [5.74, 6) is -0.0857. The first-order valence-corrected chi connectivity index (χ1v) is 5.31. The third kappa shape index (κ3) is 2.50. The molecule has 0 aromatic heterocycles. The second-order valence-corrected chi connectivity index (χ2v) is 4.18. The van der Waals surface area contributed by atoms with E-state index in [1.807, 2.05) is 19.9 Å². The third-order valence-corrected chi connectivity index (χ3v) is 3.36. The largest absolute Gasteiger partial charge is 0.496 e. The van der Waals surface area contributed by atoms with Gasteiger partial charge >= 0.3 is 5.97 Å². The van der Waals surface area contributed by atoms with E-state index in [2.05, 4.69) is 15.9 Å². The fraction of sp³-hybridized carbons (Fsp3) is 0.364. The molecule has 15 heavy (non-hydrogen) atoms. The lowest BCUT2D eigenvalue weighted by Crippen LogP contribution is -2.05. The van der Waals surface area contributed by atoms with Gasteiger partial charge in [0.1, 0.15) is 5.75 Å². The minimum atomic E-state index is -0.821. The molecule has 1 rings (SSSR count). The van der Waals surface area contributed by atoms with Crippen LogP contribution in [0.1, 0.15) is 16.7 Å². The van der Waals surface area contributed by atoms with Gasteiger partial charge in [-0.15, -0.1) is 0 Å². The number of benzene rings is 1. The maximum absolute atomic E-state index is 10.7. The van der Waals surface area contributed by atoms with Crippen LogP contribution in [0.4, 0.5) is 0 Å². The van der Waals surface area contributed by atoms with Crippen molar-refractivity contribution >= 4 is 21.9 Å². The van der Waals surface area contributed by atoms with Crippen LogP contribution in [-0.2, 0) is 11.2 Å². The second-order valence-electron chi connectivity index (χ2n) is 3.38. The van der Waals surface area contributed by atoms with Crippen LogP contribution < -0.4 is 4.74 Å². The predicted octanol–water partition coefficient (Wildman–Crippen LogP) is 2.70. The van der Waals surface area contributed by atoms with Gasteiger partial charge in [-0.25, -0.2) is 0 Å². The highest BCUT2D eigenvalue weighted by atomic mass is 79.9. The fourth-order valence-corrected chi connectivity index (χ4v) is 2.05. The Morgan fingerprint density at radius 3 is 2.60 bits per heavy atom. The van der Waals surface area contributed by atoms with Crippen molar-refractivity contribution in [3.05, 3.63) is 27.2 Å². The number of aliphatic carboxylic acids is 1. The molecule has 0 bridgehead atoms. The minimum Gasteiger partial charge on any atom is -0.496 e. The monoisotopic (exact) mass is 272 g/mol. The van der Waals surface area contributed by atoms with Crippen molar-refractivity contribution in [3.63, 3.8) is 0 Å².